The van der Waals surface area contributed by atoms with Gasteiger partial charge < -0.3 is 5.11 Å². The van der Waals surface area contributed by atoms with Gasteiger partial charge in [-0.1, -0.05) is 19.1 Å². The van der Waals surface area contributed by atoms with Crippen molar-refractivity contribution in [2.45, 2.75) is 19.8 Å². The van der Waals surface area contributed by atoms with Crippen molar-refractivity contribution in [1.29, 1.82) is 0 Å². The van der Waals surface area contributed by atoms with Crippen LogP contribution in [0.25, 0.3) is 10.9 Å². The number of carboxylic acid groups (broad SMARTS) is 1. The van der Waals surface area contributed by atoms with Crippen LogP contribution in [0.2, 0.25) is 0 Å². The normalized spacial score (nSPS) is 10.6. The summed E-state index contributed by atoms with van der Waals surface area (Å²) in [4.78, 5) is 14.9. The minimum atomic E-state index is -0.827. The van der Waals surface area contributed by atoms with E-state index in [-0.39, 0.29) is 6.42 Å². The minimum absolute atomic E-state index is 0.0263. The Balaban J connectivity index is 2.43. The monoisotopic (exact) mass is 215 g/mol. The average molecular weight is 215 g/mol. The summed E-state index contributed by atoms with van der Waals surface area (Å²) >= 11 is 0. The van der Waals surface area contributed by atoms with Crippen molar-refractivity contribution < 1.29 is 9.90 Å². The molecule has 2 rings (SSSR count). The Kier molecular flexibility index (Phi) is 2.86. The zero-order valence-corrected chi connectivity index (χ0v) is 9.10. The van der Waals surface area contributed by atoms with Gasteiger partial charge in [0.05, 0.1) is 11.9 Å². The molecule has 3 heteroatoms. The van der Waals surface area contributed by atoms with Crippen LogP contribution in [0.3, 0.4) is 0 Å². The van der Waals surface area contributed by atoms with Gasteiger partial charge in [-0.3, -0.25) is 9.78 Å². The van der Waals surface area contributed by atoms with Crippen LogP contribution in [0.1, 0.15) is 18.1 Å². The number of carbonyl (C=O) groups is 1. The first-order valence-electron chi connectivity index (χ1n) is 5.28. The average Bonchev–Trinajstić information content (AvgIpc) is 2.27. The molecule has 1 aromatic carbocycles. The Morgan fingerprint density at radius 3 is 2.81 bits per heavy atom. The van der Waals surface area contributed by atoms with Crippen LogP contribution in [0.4, 0.5) is 0 Å². The van der Waals surface area contributed by atoms with Crippen molar-refractivity contribution in [3.8, 4) is 0 Å². The zero-order valence-electron chi connectivity index (χ0n) is 9.10. The number of pyridine rings is 1. The molecule has 0 amide bonds. The lowest BCUT2D eigenvalue weighted by Crippen LogP contribution is -2.00. The van der Waals surface area contributed by atoms with Crippen molar-refractivity contribution in [2.24, 2.45) is 0 Å². The van der Waals surface area contributed by atoms with Crippen molar-refractivity contribution in [3.05, 3.63) is 41.6 Å². The molecule has 0 unspecified atom stereocenters. The van der Waals surface area contributed by atoms with Crippen LogP contribution in [0.5, 0.6) is 0 Å². The maximum absolute atomic E-state index is 10.6. The smallest absolute Gasteiger partial charge is 0.307 e. The predicted molar refractivity (Wildman–Crippen MR) is 62.5 cm³/mol. The molecule has 2 aromatic rings. The van der Waals surface area contributed by atoms with E-state index in [0.717, 1.165) is 22.9 Å². The van der Waals surface area contributed by atoms with Crippen molar-refractivity contribution in [1.82, 2.24) is 4.98 Å². The summed E-state index contributed by atoms with van der Waals surface area (Å²) in [6.07, 6.45) is 2.64. The second kappa shape index (κ2) is 4.31. The molecule has 16 heavy (non-hydrogen) atoms. The summed E-state index contributed by atoms with van der Waals surface area (Å²) in [6, 6.07) is 7.97. The fraction of sp³-hybridized carbons (Fsp3) is 0.231. The minimum Gasteiger partial charge on any atom is -0.481 e. The lowest BCUT2D eigenvalue weighted by Gasteiger charge is -2.02. The Morgan fingerprint density at radius 2 is 2.12 bits per heavy atom. The molecule has 0 saturated heterocycles. The fourth-order valence-corrected chi connectivity index (χ4v) is 1.70. The van der Waals surface area contributed by atoms with Gasteiger partial charge in [0.15, 0.2) is 0 Å². The third-order valence-corrected chi connectivity index (χ3v) is 2.57. The third kappa shape index (κ3) is 2.19. The summed E-state index contributed by atoms with van der Waals surface area (Å²) in [6.45, 7) is 2.10. The van der Waals surface area contributed by atoms with Gasteiger partial charge in [-0.05, 0) is 29.7 Å². The van der Waals surface area contributed by atoms with Crippen LogP contribution >= 0.6 is 0 Å². The summed E-state index contributed by atoms with van der Waals surface area (Å²) in [5.74, 6) is -0.827. The number of aromatic nitrogens is 1. The molecule has 0 atom stereocenters. The van der Waals surface area contributed by atoms with E-state index in [0.29, 0.717) is 0 Å². The molecule has 0 fully saturated rings. The maximum atomic E-state index is 10.6. The molecule has 1 aromatic heterocycles. The van der Waals surface area contributed by atoms with E-state index in [1.54, 1.807) is 6.20 Å². The van der Waals surface area contributed by atoms with Gasteiger partial charge in [0, 0.05) is 11.6 Å². The van der Waals surface area contributed by atoms with Gasteiger partial charge in [-0.15, -0.1) is 0 Å². The number of benzene rings is 1. The Labute approximate surface area is 93.7 Å². The van der Waals surface area contributed by atoms with E-state index in [9.17, 15) is 4.79 Å². The summed E-state index contributed by atoms with van der Waals surface area (Å²) in [5, 5.41) is 9.69. The number of hydrogen-bond acceptors (Lipinski definition) is 2. The van der Waals surface area contributed by atoms with E-state index < -0.39 is 5.97 Å². The topological polar surface area (TPSA) is 50.2 Å². The zero-order chi connectivity index (χ0) is 11.5. The number of aliphatic carboxylic acids is 1. The molecule has 0 radical (unpaired) electrons. The van der Waals surface area contributed by atoms with E-state index >= 15 is 0 Å². The molecule has 82 valence electrons. The fourth-order valence-electron chi connectivity index (χ4n) is 1.70. The van der Waals surface area contributed by atoms with E-state index in [2.05, 4.69) is 18.0 Å². The number of aryl methyl sites for hydroxylation is 1. The highest BCUT2D eigenvalue weighted by Gasteiger charge is 2.03. The van der Waals surface area contributed by atoms with Crippen molar-refractivity contribution >= 4 is 16.9 Å². The molecule has 0 saturated carbocycles. The van der Waals surface area contributed by atoms with Gasteiger partial charge in [-0.25, -0.2) is 0 Å². The second-order valence-corrected chi connectivity index (χ2v) is 3.79. The first-order chi connectivity index (χ1) is 7.69. The number of hydrogen-bond donors (Lipinski definition) is 1. The summed E-state index contributed by atoms with van der Waals surface area (Å²) in [5.41, 5.74) is 2.91. The third-order valence-electron chi connectivity index (χ3n) is 2.57. The molecule has 0 spiro atoms. The molecule has 1 N–H and O–H groups in total. The summed E-state index contributed by atoms with van der Waals surface area (Å²) < 4.78 is 0. The highest BCUT2D eigenvalue weighted by atomic mass is 16.4. The van der Waals surface area contributed by atoms with Crippen LogP contribution in [0.15, 0.2) is 30.5 Å². The number of nitrogens with zero attached hydrogens (tertiary/aromatic N) is 1. The molecule has 1 heterocycles. The van der Waals surface area contributed by atoms with Gasteiger partial charge in [0.2, 0.25) is 0 Å². The van der Waals surface area contributed by atoms with E-state index in [1.807, 2.05) is 18.2 Å². The SMILES string of the molecule is CCc1ccc2cc(CC(=O)O)cnc2c1. The van der Waals surface area contributed by atoms with Crippen LogP contribution < -0.4 is 0 Å². The predicted octanol–water partition coefficient (Wildman–Crippen LogP) is 2.42. The highest BCUT2D eigenvalue weighted by Crippen LogP contribution is 2.16. The molecule has 0 aliphatic carbocycles. The maximum Gasteiger partial charge on any atom is 0.307 e. The lowest BCUT2D eigenvalue weighted by atomic mass is 10.1. The van der Waals surface area contributed by atoms with Crippen molar-refractivity contribution in [2.75, 3.05) is 0 Å². The van der Waals surface area contributed by atoms with Crippen LogP contribution in [-0.2, 0) is 17.6 Å². The first-order valence-corrected chi connectivity index (χ1v) is 5.28. The lowest BCUT2D eigenvalue weighted by molar-refractivity contribution is -0.136. The van der Waals surface area contributed by atoms with Gasteiger partial charge in [0.25, 0.3) is 0 Å². The number of rotatable bonds is 3. The van der Waals surface area contributed by atoms with Gasteiger partial charge in [0.1, 0.15) is 0 Å². The van der Waals surface area contributed by atoms with Gasteiger partial charge >= 0.3 is 5.97 Å². The molecule has 0 bridgehead atoms. The molecular formula is C13H13NO2. The standard InChI is InChI=1S/C13H13NO2/c1-2-9-3-4-11-5-10(7-13(15)16)8-14-12(11)6-9/h3-6,8H,2,7H2,1H3,(H,15,16). The Morgan fingerprint density at radius 1 is 1.31 bits per heavy atom. The molecule has 0 aliphatic rings. The quantitative estimate of drug-likeness (QED) is 0.855. The second-order valence-electron chi connectivity index (χ2n) is 3.79. The Hall–Kier alpha value is -1.90. The molecule has 3 nitrogen and oxygen atoms in total. The van der Waals surface area contributed by atoms with Crippen molar-refractivity contribution in [3.63, 3.8) is 0 Å². The molecular weight excluding hydrogens is 202 g/mol. The highest BCUT2D eigenvalue weighted by molar-refractivity contribution is 5.81. The molecule has 0 aliphatic heterocycles. The van der Waals surface area contributed by atoms with Gasteiger partial charge in [-0.2, -0.15) is 0 Å². The van der Waals surface area contributed by atoms with Crippen LogP contribution in [0, 0.1) is 0 Å². The number of fused-ring (bicyclic) bond motifs is 1. The summed E-state index contributed by atoms with van der Waals surface area (Å²) in [7, 11) is 0. The van der Waals surface area contributed by atoms with E-state index in [4.69, 9.17) is 5.11 Å². The van der Waals surface area contributed by atoms with Crippen LogP contribution in [-0.4, -0.2) is 16.1 Å². The van der Waals surface area contributed by atoms with E-state index in [1.165, 1.54) is 5.56 Å². The largest absolute Gasteiger partial charge is 0.481 e. The first kappa shape index (κ1) is 10.6. The Bertz CT molecular complexity index is 534. The number of carboxylic acids is 1.